The Bertz CT molecular complexity index is 251. The fraction of sp³-hybridized carbons (Fsp3) is 0.867. The summed E-state index contributed by atoms with van der Waals surface area (Å²) in [7, 11) is 1.77. The third-order valence-electron chi connectivity index (χ3n) is 3.71. The molecule has 2 N–H and O–H groups in total. The summed E-state index contributed by atoms with van der Waals surface area (Å²) in [6, 6.07) is 0. The van der Waals surface area contributed by atoms with Crippen LogP contribution in [0.25, 0.3) is 0 Å². The molecule has 0 radical (unpaired) electrons. The fourth-order valence-corrected chi connectivity index (χ4v) is 2.64. The van der Waals surface area contributed by atoms with E-state index in [0.29, 0.717) is 5.92 Å². The van der Waals surface area contributed by atoms with Gasteiger partial charge in [-0.15, -0.1) is 0 Å². The van der Waals surface area contributed by atoms with Crippen LogP contribution in [0.1, 0.15) is 33.1 Å². The van der Waals surface area contributed by atoms with E-state index in [9.17, 15) is 0 Å². The highest BCUT2D eigenvalue weighted by Crippen LogP contribution is 2.17. The molecular weight excluding hydrogens is 224 g/mol. The average molecular weight is 254 g/mol. The molecule has 0 saturated carbocycles. The first-order valence-electron chi connectivity index (χ1n) is 7.25. The van der Waals surface area contributed by atoms with Gasteiger partial charge in [0.15, 0.2) is 0 Å². The smallest absolute Gasteiger partial charge is 0.0673 e. The van der Waals surface area contributed by atoms with E-state index in [1.54, 1.807) is 7.11 Å². The largest absolute Gasteiger partial charge is 0.380 e. The highest BCUT2D eigenvalue weighted by atomic mass is 16.5. The minimum Gasteiger partial charge on any atom is -0.380 e. The quantitative estimate of drug-likeness (QED) is 0.675. The van der Waals surface area contributed by atoms with Gasteiger partial charge in [-0.1, -0.05) is 19.9 Å². The van der Waals surface area contributed by atoms with Gasteiger partial charge < -0.3 is 10.5 Å². The van der Waals surface area contributed by atoms with Crippen molar-refractivity contribution in [2.45, 2.75) is 33.1 Å². The Labute approximate surface area is 112 Å². The Balaban J connectivity index is 2.24. The maximum Gasteiger partial charge on any atom is 0.0673 e. The lowest BCUT2D eigenvalue weighted by Crippen LogP contribution is -2.32. The zero-order valence-electron chi connectivity index (χ0n) is 12.3. The molecule has 0 saturated heterocycles. The van der Waals surface area contributed by atoms with Crippen LogP contribution < -0.4 is 5.73 Å². The van der Waals surface area contributed by atoms with E-state index in [4.69, 9.17) is 10.5 Å². The molecule has 3 heteroatoms. The summed E-state index contributed by atoms with van der Waals surface area (Å²) in [6.45, 7) is 9.63. The summed E-state index contributed by atoms with van der Waals surface area (Å²) in [6.07, 6.45) is 5.98. The van der Waals surface area contributed by atoms with Crippen molar-refractivity contribution >= 4 is 0 Å². The summed E-state index contributed by atoms with van der Waals surface area (Å²) < 4.78 is 5.17. The van der Waals surface area contributed by atoms with Crippen molar-refractivity contribution in [1.82, 2.24) is 4.90 Å². The summed E-state index contributed by atoms with van der Waals surface area (Å²) in [5, 5.41) is 0. The Kier molecular flexibility index (Phi) is 7.56. The SMILES string of the molecule is COCC1=CCN(CCC(CN)CC(C)C)CC1. The maximum absolute atomic E-state index is 5.85. The van der Waals surface area contributed by atoms with Crippen LogP contribution in [0.4, 0.5) is 0 Å². The van der Waals surface area contributed by atoms with E-state index in [1.807, 2.05) is 0 Å². The fourth-order valence-electron chi connectivity index (χ4n) is 2.64. The first kappa shape index (κ1) is 15.7. The molecule has 106 valence electrons. The van der Waals surface area contributed by atoms with Crippen LogP contribution in [0.3, 0.4) is 0 Å². The number of nitrogens with zero attached hydrogens (tertiary/aromatic N) is 1. The van der Waals surface area contributed by atoms with Gasteiger partial charge in [-0.3, -0.25) is 4.90 Å². The summed E-state index contributed by atoms with van der Waals surface area (Å²) in [4.78, 5) is 2.53. The number of hydrogen-bond donors (Lipinski definition) is 1. The van der Waals surface area contributed by atoms with Crippen molar-refractivity contribution < 1.29 is 4.74 Å². The Morgan fingerprint density at radius 1 is 1.44 bits per heavy atom. The van der Waals surface area contributed by atoms with Crippen molar-refractivity contribution in [2.24, 2.45) is 17.6 Å². The van der Waals surface area contributed by atoms with E-state index in [2.05, 4.69) is 24.8 Å². The third-order valence-corrected chi connectivity index (χ3v) is 3.71. The predicted molar refractivity (Wildman–Crippen MR) is 77.6 cm³/mol. The lowest BCUT2D eigenvalue weighted by Gasteiger charge is -2.28. The van der Waals surface area contributed by atoms with E-state index in [-0.39, 0.29) is 0 Å². The highest BCUT2D eigenvalue weighted by molar-refractivity contribution is 5.07. The lowest BCUT2D eigenvalue weighted by atomic mass is 9.94. The van der Waals surface area contributed by atoms with Crippen LogP contribution in [0.2, 0.25) is 0 Å². The monoisotopic (exact) mass is 254 g/mol. The number of hydrogen-bond acceptors (Lipinski definition) is 3. The van der Waals surface area contributed by atoms with Gasteiger partial charge in [0.2, 0.25) is 0 Å². The molecule has 1 aliphatic heterocycles. The molecule has 0 aromatic carbocycles. The topological polar surface area (TPSA) is 38.5 Å². The molecule has 0 aromatic heterocycles. The molecule has 1 heterocycles. The van der Waals surface area contributed by atoms with Crippen molar-refractivity contribution in [3.8, 4) is 0 Å². The second-order valence-electron chi connectivity index (χ2n) is 5.87. The second-order valence-corrected chi connectivity index (χ2v) is 5.87. The minimum absolute atomic E-state index is 0.689. The van der Waals surface area contributed by atoms with Gasteiger partial charge in [0.05, 0.1) is 6.61 Å². The molecule has 3 nitrogen and oxygen atoms in total. The molecule has 0 aliphatic carbocycles. The van der Waals surface area contributed by atoms with Crippen LogP contribution in [0.5, 0.6) is 0 Å². The van der Waals surface area contributed by atoms with Gasteiger partial charge in [-0.25, -0.2) is 0 Å². The van der Waals surface area contributed by atoms with E-state index < -0.39 is 0 Å². The predicted octanol–water partition coefficient (Wildman–Crippen LogP) is 2.28. The first-order valence-corrected chi connectivity index (χ1v) is 7.25. The molecular formula is C15H30N2O. The lowest BCUT2D eigenvalue weighted by molar-refractivity contribution is 0.207. The van der Waals surface area contributed by atoms with E-state index in [1.165, 1.54) is 31.5 Å². The van der Waals surface area contributed by atoms with Crippen molar-refractivity contribution in [2.75, 3.05) is 39.9 Å². The van der Waals surface area contributed by atoms with Crippen molar-refractivity contribution in [3.63, 3.8) is 0 Å². The molecule has 0 amide bonds. The van der Waals surface area contributed by atoms with Crippen LogP contribution in [0.15, 0.2) is 11.6 Å². The molecule has 1 rings (SSSR count). The van der Waals surface area contributed by atoms with Gasteiger partial charge in [0.1, 0.15) is 0 Å². The molecule has 18 heavy (non-hydrogen) atoms. The molecule has 1 atom stereocenters. The van der Waals surface area contributed by atoms with Crippen LogP contribution in [-0.2, 0) is 4.74 Å². The number of nitrogens with two attached hydrogens (primary N) is 1. The Morgan fingerprint density at radius 2 is 2.22 bits per heavy atom. The standard InChI is InChI=1S/C15H30N2O/c1-13(2)10-15(11-16)6-9-17-7-4-14(5-8-17)12-18-3/h4,13,15H,5-12,16H2,1-3H3. The molecule has 0 spiro atoms. The maximum atomic E-state index is 5.85. The Hall–Kier alpha value is -0.380. The molecule has 0 fully saturated rings. The van der Waals surface area contributed by atoms with Crippen LogP contribution in [-0.4, -0.2) is 44.8 Å². The van der Waals surface area contributed by atoms with Crippen molar-refractivity contribution in [3.05, 3.63) is 11.6 Å². The molecule has 0 bridgehead atoms. The van der Waals surface area contributed by atoms with Gasteiger partial charge in [-0.2, -0.15) is 0 Å². The molecule has 0 aromatic rings. The van der Waals surface area contributed by atoms with Crippen LogP contribution in [0, 0.1) is 11.8 Å². The number of rotatable bonds is 8. The molecule has 1 unspecified atom stereocenters. The zero-order chi connectivity index (χ0) is 13.4. The van der Waals surface area contributed by atoms with E-state index >= 15 is 0 Å². The first-order chi connectivity index (χ1) is 8.65. The second kappa shape index (κ2) is 8.68. The minimum atomic E-state index is 0.689. The van der Waals surface area contributed by atoms with Crippen LogP contribution >= 0.6 is 0 Å². The molecule has 1 aliphatic rings. The average Bonchev–Trinajstić information content (AvgIpc) is 2.36. The number of ether oxygens (including phenoxy) is 1. The van der Waals surface area contributed by atoms with Gasteiger partial charge in [-0.05, 0) is 49.8 Å². The Morgan fingerprint density at radius 3 is 2.72 bits per heavy atom. The normalized spacial score (nSPS) is 19.1. The summed E-state index contributed by atoms with van der Waals surface area (Å²) in [5.74, 6) is 1.45. The van der Waals surface area contributed by atoms with Crippen molar-refractivity contribution in [1.29, 1.82) is 0 Å². The third kappa shape index (κ3) is 5.98. The number of methoxy groups -OCH3 is 1. The van der Waals surface area contributed by atoms with Gasteiger partial charge in [0, 0.05) is 20.2 Å². The van der Waals surface area contributed by atoms with Gasteiger partial charge >= 0.3 is 0 Å². The van der Waals surface area contributed by atoms with Gasteiger partial charge in [0.25, 0.3) is 0 Å². The summed E-state index contributed by atoms with van der Waals surface area (Å²) >= 11 is 0. The van der Waals surface area contributed by atoms with E-state index in [0.717, 1.165) is 32.0 Å². The highest BCUT2D eigenvalue weighted by Gasteiger charge is 2.14. The zero-order valence-corrected chi connectivity index (χ0v) is 12.3. The summed E-state index contributed by atoms with van der Waals surface area (Å²) in [5.41, 5.74) is 7.30.